The molecule has 1 aromatic heterocycles. The lowest BCUT2D eigenvalue weighted by Gasteiger charge is -2.09. The molecule has 0 unspecified atom stereocenters. The zero-order valence-corrected chi connectivity index (χ0v) is 15.9. The lowest BCUT2D eigenvalue weighted by Crippen LogP contribution is -1.96. The predicted octanol–water partition coefficient (Wildman–Crippen LogP) is 5.79. The molecule has 3 nitrogen and oxygen atoms in total. The second-order valence-electron chi connectivity index (χ2n) is 6.26. The van der Waals surface area contributed by atoms with Gasteiger partial charge in [-0.05, 0) is 56.5 Å². The van der Waals surface area contributed by atoms with E-state index in [0.717, 1.165) is 22.4 Å². The summed E-state index contributed by atoms with van der Waals surface area (Å²) in [6.45, 7) is 8.24. The Bertz CT molecular complexity index is 893. The average Bonchev–Trinajstić information content (AvgIpc) is 2.56. The first kappa shape index (κ1) is 17.5. The predicted molar refractivity (Wildman–Crippen MR) is 103 cm³/mol. The molecule has 4 heteroatoms. The Morgan fingerprint density at radius 3 is 2.48 bits per heavy atom. The van der Waals surface area contributed by atoms with Gasteiger partial charge in [-0.15, -0.1) is 0 Å². The highest BCUT2D eigenvalue weighted by atomic mass is 32.2. The van der Waals surface area contributed by atoms with E-state index in [-0.39, 0.29) is 0 Å². The summed E-state index contributed by atoms with van der Waals surface area (Å²) in [7, 11) is 0. The van der Waals surface area contributed by atoms with Crippen molar-refractivity contribution in [1.82, 2.24) is 9.97 Å². The van der Waals surface area contributed by atoms with Crippen LogP contribution in [-0.4, -0.2) is 9.97 Å². The Morgan fingerprint density at radius 1 is 0.880 bits per heavy atom. The number of hydrogen-bond acceptors (Lipinski definition) is 4. The summed E-state index contributed by atoms with van der Waals surface area (Å²) in [5.74, 6) is 2.23. The molecule has 0 radical (unpaired) electrons. The maximum atomic E-state index is 5.94. The fourth-order valence-electron chi connectivity index (χ4n) is 2.48. The number of benzene rings is 2. The zero-order valence-electron chi connectivity index (χ0n) is 15.0. The van der Waals surface area contributed by atoms with Crippen molar-refractivity contribution in [2.24, 2.45) is 0 Å². The van der Waals surface area contributed by atoms with Crippen molar-refractivity contribution >= 4 is 11.8 Å². The van der Waals surface area contributed by atoms with Crippen LogP contribution in [0.4, 0.5) is 0 Å². The highest BCUT2D eigenvalue weighted by molar-refractivity contribution is 7.98. The van der Waals surface area contributed by atoms with Gasteiger partial charge in [-0.2, -0.15) is 4.98 Å². The van der Waals surface area contributed by atoms with Gasteiger partial charge in [0.05, 0.1) is 0 Å². The molecule has 0 bridgehead atoms. The van der Waals surface area contributed by atoms with Crippen molar-refractivity contribution in [1.29, 1.82) is 0 Å². The van der Waals surface area contributed by atoms with Gasteiger partial charge in [-0.25, -0.2) is 4.98 Å². The molecule has 128 valence electrons. The lowest BCUT2D eigenvalue weighted by atomic mass is 10.1. The van der Waals surface area contributed by atoms with E-state index < -0.39 is 0 Å². The van der Waals surface area contributed by atoms with E-state index in [1.54, 1.807) is 11.8 Å². The molecule has 0 fully saturated rings. The largest absolute Gasteiger partial charge is 0.439 e. The first-order valence-corrected chi connectivity index (χ1v) is 9.27. The molecule has 3 rings (SSSR count). The van der Waals surface area contributed by atoms with E-state index in [1.165, 1.54) is 22.3 Å². The topological polar surface area (TPSA) is 35.0 Å². The van der Waals surface area contributed by atoms with Crippen molar-refractivity contribution in [3.05, 3.63) is 76.5 Å². The SMILES string of the molecule is Cc1cccc(CSc2nc(C)cc(Oc3ccc(C)c(C)c3)n2)c1. The van der Waals surface area contributed by atoms with Crippen LogP contribution in [0.15, 0.2) is 53.7 Å². The van der Waals surface area contributed by atoms with E-state index >= 15 is 0 Å². The van der Waals surface area contributed by atoms with Gasteiger partial charge in [0, 0.05) is 17.5 Å². The highest BCUT2D eigenvalue weighted by Crippen LogP contribution is 2.26. The van der Waals surface area contributed by atoms with Crippen molar-refractivity contribution in [2.45, 2.75) is 38.6 Å². The van der Waals surface area contributed by atoms with E-state index in [2.05, 4.69) is 61.1 Å². The minimum atomic E-state index is 0.586. The average molecular weight is 350 g/mol. The van der Waals surface area contributed by atoms with Crippen LogP contribution in [0.5, 0.6) is 11.6 Å². The molecule has 0 spiro atoms. The van der Waals surface area contributed by atoms with Crippen molar-refractivity contribution in [3.63, 3.8) is 0 Å². The molecule has 0 saturated heterocycles. The summed E-state index contributed by atoms with van der Waals surface area (Å²) < 4.78 is 5.94. The summed E-state index contributed by atoms with van der Waals surface area (Å²) in [4.78, 5) is 9.06. The van der Waals surface area contributed by atoms with Gasteiger partial charge in [-0.1, -0.05) is 47.7 Å². The first-order chi connectivity index (χ1) is 12.0. The van der Waals surface area contributed by atoms with E-state index in [0.29, 0.717) is 5.88 Å². The van der Waals surface area contributed by atoms with Gasteiger partial charge in [0.1, 0.15) is 5.75 Å². The maximum Gasteiger partial charge on any atom is 0.223 e. The molecule has 1 heterocycles. The Labute approximate surface area is 153 Å². The van der Waals surface area contributed by atoms with Crippen LogP contribution in [-0.2, 0) is 5.75 Å². The second kappa shape index (κ2) is 7.70. The quantitative estimate of drug-likeness (QED) is 0.430. The van der Waals surface area contributed by atoms with E-state index in [9.17, 15) is 0 Å². The van der Waals surface area contributed by atoms with Crippen LogP contribution in [0.2, 0.25) is 0 Å². The lowest BCUT2D eigenvalue weighted by molar-refractivity contribution is 0.454. The normalized spacial score (nSPS) is 10.7. The van der Waals surface area contributed by atoms with Gasteiger partial charge in [0.25, 0.3) is 0 Å². The summed E-state index contributed by atoms with van der Waals surface area (Å²) in [5.41, 5.74) is 5.90. The molecule has 25 heavy (non-hydrogen) atoms. The number of ether oxygens (including phenoxy) is 1. The molecule has 0 N–H and O–H groups in total. The molecular weight excluding hydrogens is 328 g/mol. The number of aromatic nitrogens is 2. The minimum absolute atomic E-state index is 0.586. The van der Waals surface area contributed by atoms with Crippen LogP contribution in [0, 0.1) is 27.7 Å². The van der Waals surface area contributed by atoms with Crippen LogP contribution in [0.1, 0.15) is 27.9 Å². The van der Waals surface area contributed by atoms with Crippen LogP contribution in [0.3, 0.4) is 0 Å². The Kier molecular flexibility index (Phi) is 5.39. The smallest absolute Gasteiger partial charge is 0.223 e. The highest BCUT2D eigenvalue weighted by Gasteiger charge is 2.07. The first-order valence-electron chi connectivity index (χ1n) is 8.29. The number of rotatable bonds is 5. The molecular formula is C21H22N2OS. The Morgan fingerprint density at radius 2 is 1.72 bits per heavy atom. The van der Waals surface area contributed by atoms with E-state index in [1.807, 2.05) is 25.1 Å². The number of thioether (sulfide) groups is 1. The fourth-order valence-corrected chi connectivity index (χ4v) is 3.32. The number of nitrogens with zero attached hydrogens (tertiary/aromatic N) is 2. The van der Waals surface area contributed by atoms with Crippen molar-refractivity contribution < 1.29 is 4.74 Å². The third-order valence-electron chi connectivity index (χ3n) is 3.96. The summed E-state index contributed by atoms with van der Waals surface area (Å²) in [5, 5.41) is 0.736. The Hall–Kier alpha value is -2.33. The summed E-state index contributed by atoms with van der Waals surface area (Å²) >= 11 is 1.62. The Balaban J connectivity index is 1.74. The minimum Gasteiger partial charge on any atom is -0.439 e. The molecule has 0 atom stereocenters. The molecule has 0 aliphatic rings. The zero-order chi connectivity index (χ0) is 17.8. The molecule has 0 aliphatic carbocycles. The molecule has 3 aromatic rings. The monoisotopic (exact) mass is 350 g/mol. The van der Waals surface area contributed by atoms with Crippen LogP contribution >= 0.6 is 11.8 Å². The summed E-state index contributed by atoms with van der Waals surface area (Å²) in [6.07, 6.45) is 0. The van der Waals surface area contributed by atoms with Crippen LogP contribution in [0.25, 0.3) is 0 Å². The standard InChI is InChI=1S/C21H22N2OS/c1-14-6-5-7-18(10-14)13-25-21-22-17(4)12-20(23-21)24-19-9-8-15(2)16(3)11-19/h5-12H,13H2,1-4H3. The van der Waals surface area contributed by atoms with Crippen molar-refractivity contribution in [3.8, 4) is 11.6 Å². The fraction of sp³-hybridized carbons (Fsp3) is 0.238. The van der Waals surface area contributed by atoms with Gasteiger partial charge in [0.2, 0.25) is 5.88 Å². The third kappa shape index (κ3) is 4.83. The molecule has 0 amide bonds. The maximum absolute atomic E-state index is 5.94. The van der Waals surface area contributed by atoms with Crippen LogP contribution < -0.4 is 4.74 Å². The van der Waals surface area contributed by atoms with Gasteiger partial charge < -0.3 is 4.74 Å². The number of hydrogen-bond donors (Lipinski definition) is 0. The third-order valence-corrected chi connectivity index (χ3v) is 4.88. The second-order valence-corrected chi connectivity index (χ2v) is 7.20. The van der Waals surface area contributed by atoms with Gasteiger partial charge in [0.15, 0.2) is 5.16 Å². The summed E-state index contributed by atoms with van der Waals surface area (Å²) in [6, 6.07) is 16.4. The molecule has 0 saturated carbocycles. The van der Waals surface area contributed by atoms with Gasteiger partial charge in [-0.3, -0.25) is 0 Å². The van der Waals surface area contributed by atoms with Crippen molar-refractivity contribution in [2.75, 3.05) is 0 Å². The number of aryl methyl sites for hydroxylation is 4. The molecule has 2 aromatic carbocycles. The molecule has 0 aliphatic heterocycles. The van der Waals surface area contributed by atoms with Gasteiger partial charge >= 0.3 is 0 Å². The van der Waals surface area contributed by atoms with E-state index in [4.69, 9.17) is 4.74 Å².